The molecule has 0 saturated carbocycles. The average Bonchev–Trinajstić information content (AvgIpc) is 2.67. The highest BCUT2D eigenvalue weighted by atomic mass is 32.2. The fourth-order valence-electron chi connectivity index (χ4n) is 2.04. The lowest BCUT2D eigenvalue weighted by molar-refractivity contribution is -0.144. The number of hydrogen-bond donors (Lipinski definition) is 1. The molecule has 0 spiro atoms. The summed E-state index contributed by atoms with van der Waals surface area (Å²) in [6.07, 6.45) is 0.659. The summed E-state index contributed by atoms with van der Waals surface area (Å²) < 4.78 is 1.96. The van der Waals surface area contributed by atoms with Gasteiger partial charge in [-0.15, -0.1) is 10.2 Å². The number of fused-ring (bicyclic) bond motifs is 1. The van der Waals surface area contributed by atoms with E-state index in [1.54, 1.807) is 11.8 Å². The van der Waals surface area contributed by atoms with Crippen LogP contribution in [-0.2, 0) is 11.5 Å². The van der Waals surface area contributed by atoms with Crippen LogP contribution in [0.15, 0.2) is 5.16 Å². The molecule has 1 aliphatic heterocycles. The molecule has 0 aliphatic carbocycles. The highest BCUT2D eigenvalue weighted by Crippen LogP contribution is 2.27. The summed E-state index contributed by atoms with van der Waals surface area (Å²) in [5.41, 5.74) is 0. The number of carboxylic acids is 1. The lowest BCUT2D eigenvalue weighted by atomic mass is 10.0. The van der Waals surface area contributed by atoms with Gasteiger partial charge in [0.05, 0.1) is 12.5 Å². The summed E-state index contributed by atoms with van der Waals surface area (Å²) >= 11 is 1.54. The maximum absolute atomic E-state index is 11.4. The smallest absolute Gasteiger partial charge is 0.321 e. The topological polar surface area (TPSA) is 71.2 Å². The zero-order valence-corrected chi connectivity index (χ0v) is 11.6. The third kappa shape index (κ3) is 2.67. The normalized spacial score (nSPS) is 17.8. The number of carboxylic acid groups (broad SMARTS) is 1. The summed E-state index contributed by atoms with van der Waals surface area (Å²) in [4.78, 5) is 13.3. The van der Waals surface area contributed by atoms with E-state index in [0.717, 1.165) is 11.0 Å². The van der Waals surface area contributed by atoms with Gasteiger partial charge in [0.1, 0.15) is 11.9 Å². The monoisotopic (exact) mass is 270 g/mol. The second kappa shape index (κ2) is 5.27. The number of carbonyl (C=O) groups is 1. The molecule has 1 aliphatic rings. The van der Waals surface area contributed by atoms with E-state index in [0.29, 0.717) is 24.9 Å². The fourth-order valence-corrected chi connectivity index (χ4v) is 3.02. The van der Waals surface area contributed by atoms with Crippen LogP contribution in [0.2, 0.25) is 0 Å². The van der Waals surface area contributed by atoms with Gasteiger partial charge < -0.3 is 5.11 Å². The molecule has 1 unspecified atom stereocenters. The zero-order valence-electron chi connectivity index (χ0n) is 10.8. The standard InChI is InChI=1S/C11H18N4O2S/c1-7(2)4-9(10(16)17)14-5-15-8(3)12-13-11(15)18-6-14/h7,9H,4-6H2,1-3H3,(H,16,17). The van der Waals surface area contributed by atoms with Crippen LogP contribution < -0.4 is 0 Å². The average molecular weight is 270 g/mol. The van der Waals surface area contributed by atoms with Crippen molar-refractivity contribution in [2.45, 2.75) is 45.1 Å². The number of hydrogen-bond acceptors (Lipinski definition) is 5. The highest BCUT2D eigenvalue weighted by Gasteiger charge is 2.30. The van der Waals surface area contributed by atoms with Crippen LogP contribution in [0.1, 0.15) is 26.1 Å². The van der Waals surface area contributed by atoms with E-state index in [9.17, 15) is 9.90 Å². The Labute approximate surface area is 110 Å². The number of rotatable bonds is 4. The van der Waals surface area contributed by atoms with Crippen molar-refractivity contribution in [2.75, 3.05) is 5.88 Å². The van der Waals surface area contributed by atoms with E-state index < -0.39 is 12.0 Å². The van der Waals surface area contributed by atoms with Crippen LogP contribution >= 0.6 is 11.8 Å². The van der Waals surface area contributed by atoms with Crippen molar-refractivity contribution < 1.29 is 9.90 Å². The number of aryl methyl sites for hydroxylation is 1. The summed E-state index contributed by atoms with van der Waals surface area (Å²) in [5, 5.41) is 18.3. The molecular weight excluding hydrogens is 252 g/mol. The molecule has 2 heterocycles. The summed E-state index contributed by atoms with van der Waals surface area (Å²) in [5.74, 6) is 1.09. The Balaban J connectivity index is 2.14. The number of nitrogens with zero attached hydrogens (tertiary/aromatic N) is 4. The first-order chi connectivity index (χ1) is 8.49. The molecule has 0 amide bonds. The second-order valence-corrected chi connectivity index (χ2v) is 5.86. The SMILES string of the molecule is Cc1nnc2n1CN(C(CC(C)C)C(=O)O)CS2. The minimum atomic E-state index is -0.751. The predicted octanol–water partition coefficient (Wildman–Crippen LogP) is 1.41. The van der Waals surface area contributed by atoms with E-state index in [4.69, 9.17) is 0 Å². The summed E-state index contributed by atoms with van der Waals surface area (Å²) in [6, 6.07) is -0.438. The van der Waals surface area contributed by atoms with E-state index in [2.05, 4.69) is 10.2 Å². The number of aliphatic carboxylic acids is 1. The Morgan fingerprint density at radius 2 is 2.22 bits per heavy atom. The quantitative estimate of drug-likeness (QED) is 0.892. The van der Waals surface area contributed by atoms with Gasteiger partial charge in [-0.2, -0.15) is 0 Å². The first kappa shape index (κ1) is 13.4. The molecule has 18 heavy (non-hydrogen) atoms. The van der Waals surface area contributed by atoms with Crippen molar-refractivity contribution in [2.24, 2.45) is 5.92 Å². The predicted molar refractivity (Wildman–Crippen MR) is 68.2 cm³/mol. The maximum atomic E-state index is 11.4. The Kier molecular flexibility index (Phi) is 3.91. The summed E-state index contributed by atoms with van der Waals surface area (Å²) in [6.45, 7) is 6.54. The van der Waals surface area contributed by atoms with E-state index in [-0.39, 0.29) is 0 Å². The fraction of sp³-hybridized carbons (Fsp3) is 0.727. The van der Waals surface area contributed by atoms with Gasteiger partial charge in [-0.3, -0.25) is 14.3 Å². The maximum Gasteiger partial charge on any atom is 0.321 e. The van der Waals surface area contributed by atoms with Crippen LogP contribution in [0.3, 0.4) is 0 Å². The van der Waals surface area contributed by atoms with E-state index in [1.807, 2.05) is 30.2 Å². The van der Waals surface area contributed by atoms with Crippen molar-refractivity contribution in [1.82, 2.24) is 19.7 Å². The molecular formula is C11H18N4O2S. The van der Waals surface area contributed by atoms with Gasteiger partial charge in [0.2, 0.25) is 0 Å². The first-order valence-corrected chi connectivity index (χ1v) is 6.97. The Morgan fingerprint density at radius 3 is 2.83 bits per heavy atom. The van der Waals surface area contributed by atoms with Crippen LogP contribution in [0, 0.1) is 12.8 Å². The van der Waals surface area contributed by atoms with Crippen LogP contribution in [0.25, 0.3) is 0 Å². The van der Waals surface area contributed by atoms with Gasteiger partial charge >= 0.3 is 5.97 Å². The molecule has 2 rings (SSSR count). The third-order valence-corrected chi connectivity index (χ3v) is 4.03. The molecule has 0 fully saturated rings. The third-order valence-electron chi connectivity index (χ3n) is 3.00. The number of aromatic nitrogens is 3. The Morgan fingerprint density at radius 1 is 1.50 bits per heavy atom. The first-order valence-electron chi connectivity index (χ1n) is 5.98. The molecule has 100 valence electrons. The molecule has 0 radical (unpaired) electrons. The molecule has 0 bridgehead atoms. The van der Waals surface area contributed by atoms with Crippen LogP contribution in [0.5, 0.6) is 0 Å². The molecule has 1 atom stereocenters. The van der Waals surface area contributed by atoms with Crippen molar-refractivity contribution in [1.29, 1.82) is 0 Å². The van der Waals surface area contributed by atoms with Gasteiger partial charge in [0.15, 0.2) is 5.16 Å². The lowest BCUT2D eigenvalue weighted by Gasteiger charge is -2.33. The second-order valence-electron chi connectivity index (χ2n) is 4.95. The van der Waals surface area contributed by atoms with Crippen LogP contribution in [-0.4, -0.2) is 42.7 Å². The molecule has 0 saturated heterocycles. The van der Waals surface area contributed by atoms with Crippen molar-refractivity contribution in [3.05, 3.63) is 5.82 Å². The minimum Gasteiger partial charge on any atom is -0.480 e. The van der Waals surface area contributed by atoms with Gasteiger partial charge in [-0.05, 0) is 19.3 Å². The highest BCUT2D eigenvalue weighted by molar-refractivity contribution is 7.99. The molecule has 1 aromatic rings. The molecule has 7 heteroatoms. The Bertz CT molecular complexity index is 446. The molecule has 0 aromatic carbocycles. The lowest BCUT2D eigenvalue weighted by Crippen LogP contribution is -2.44. The van der Waals surface area contributed by atoms with Crippen molar-refractivity contribution in [3.8, 4) is 0 Å². The zero-order chi connectivity index (χ0) is 13.3. The van der Waals surface area contributed by atoms with Gasteiger partial charge in [-0.1, -0.05) is 25.6 Å². The largest absolute Gasteiger partial charge is 0.480 e. The molecule has 6 nitrogen and oxygen atoms in total. The van der Waals surface area contributed by atoms with Crippen molar-refractivity contribution in [3.63, 3.8) is 0 Å². The van der Waals surface area contributed by atoms with Crippen molar-refractivity contribution >= 4 is 17.7 Å². The molecule has 1 aromatic heterocycles. The number of thioether (sulfide) groups is 1. The van der Waals surface area contributed by atoms with Gasteiger partial charge in [-0.25, -0.2) is 0 Å². The van der Waals surface area contributed by atoms with Gasteiger partial charge in [0, 0.05) is 0 Å². The van der Waals surface area contributed by atoms with E-state index >= 15 is 0 Å². The van der Waals surface area contributed by atoms with Gasteiger partial charge in [0.25, 0.3) is 0 Å². The Hall–Kier alpha value is -1.08. The minimum absolute atomic E-state index is 0.361. The molecule has 1 N–H and O–H groups in total. The van der Waals surface area contributed by atoms with E-state index in [1.165, 1.54) is 0 Å². The summed E-state index contributed by atoms with van der Waals surface area (Å²) in [7, 11) is 0. The van der Waals surface area contributed by atoms with Crippen LogP contribution in [0.4, 0.5) is 0 Å².